The quantitative estimate of drug-likeness (QED) is 0.805. The molecule has 1 aromatic carbocycles. The molecule has 0 saturated heterocycles. The van der Waals surface area contributed by atoms with Crippen LogP contribution in [0.5, 0.6) is 0 Å². The van der Waals surface area contributed by atoms with E-state index in [1.54, 1.807) is 0 Å². The highest BCUT2D eigenvalue weighted by Crippen LogP contribution is 2.25. The Balaban J connectivity index is 2.58. The zero-order chi connectivity index (χ0) is 10.8. The molecule has 0 radical (unpaired) electrons. The van der Waals surface area contributed by atoms with Crippen LogP contribution in [0.25, 0.3) is 10.9 Å². The van der Waals surface area contributed by atoms with Gasteiger partial charge in [0.25, 0.3) is 0 Å². The lowest BCUT2D eigenvalue weighted by molar-refractivity contribution is 0.749. The first kappa shape index (κ1) is 9.75. The fraction of sp³-hybridized carbons (Fsp3) is 0.250. The van der Waals surface area contributed by atoms with E-state index in [1.165, 1.54) is 0 Å². The van der Waals surface area contributed by atoms with Crippen LogP contribution in [0.3, 0.4) is 0 Å². The van der Waals surface area contributed by atoms with Gasteiger partial charge in [-0.15, -0.1) is 0 Å². The molecule has 0 saturated carbocycles. The number of hydrogen-bond donors (Lipinski definition) is 1. The lowest BCUT2D eigenvalue weighted by Crippen LogP contribution is -2.08. The third-order valence-corrected chi connectivity index (χ3v) is 2.64. The summed E-state index contributed by atoms with van der Waals surface area (Å²) in [5.41, 5.74) is 8.15. The molecule has 0 aliphatic rings. The van der Waals surface area contributed by atoms with E-state index >= 15 is 0 Å². The molecule has 1 heterocycles. The van der Waals surface area contributed by atoms with Crippen molar-refractivity contribution in [2.24, 2.45) is 12.8 Å². The van der Waals surface area contributed by atoms with Crippen molar-refractivity contribution in [2.75, 3.05) is 0 Å². The summed E-state index contributed by atoms with van der Waals surface area (Å²) in [7, 11) is 1.99. The van der Waals surface area contributed by atoms with E-state index in [0.717, 1.165) is 16.5 Å². The van der Waals surface area contributed by atoms with Crippen molar-refractivity contribution in [3.63, 3.8) is 0 Å². The summed E-state index contributed by atoms with van der Waals surface area (Å²) in [4.78, 5) is 0. The second-order valence-electron chi connectivity index (χ2n) is 3.68. The number of hydrogen-bond acceptors (Lipinski definition) is 2. The number of aryl methyl sites for hydroxylation is 1. The van der Waals surface area contributed by atoms with Crippen LogP contribution >= 0.6 is 0 Å². The highest BCUT2D eigenvalue weighted by molar-refractivity contribution is 5.84. The maximum absolute atomic E-state index is 8.64. The summed E-state index contributed by atoms with van der Waals surface area (Å²) >= 11 is 0. The largest absolute Gasteiger partial charge is 0.350 e. The van der Waals surface area contributed by atoms with Gasteiger partial charge in [0.1, 0.15) is 0 Å². The highest BCUT2D eigenvalue weighted by Gasteiger charge is 2.12. The van der Waals surface area contributed by atoms with Gasteiger partial charge in [0, 0.05) is 30.2 Å². The first-order valence-corrected chi connectivity index (χ1v) is 4.90. The average Bonchev–Trinajstić information content (AvgIpc) is 2.58. The summed E-state index contributed by atoms with van der Waals surface area (Å²) < 4.78 is 2.04. The summed E-state index contributed by atoms with van der Waals surface area (Å²) in [6.07, 6.45) is 2.36. The van der Waals surface area contributed by atoms with Gasteiger partial charge >= 0.3 is 0 Å². The van der Waals surface area contributed by atoms with E-state index in [2.05, 4.69) is 12.1 Å². The monoisotopic (exact) mass is 199 g/mol. The maximum atomic E-state index is 8.64. The molecule has 15 heavy (non-hydrogen) atoms. The smallest absolute Gasteiger partial charge is 0.0641 e. The number of para-hydroxylation sites is 1. The van der Waals surface area contributed by atoms with E-state index in [9.17, 15) is 0 Å². The molecule has 0 unspecified atom stereocenters. The SMILES string of the molecule is Cn1cc([C@@H](N)CC#N)c2ccccc21. The molecule has 76 valence electrons. The fourth-order valence-electron chi connectivity index (χ4n) is 1.88. The van der Waals surface area contributed by atoms with Crippen LogP contribution in [-0.2, 0) is 7.05 Å². The first-order valence-electron chi connectivity index (χ1n) is 4.90. The van der Waals surface area contributed by atoms with Crippen LogP contribution in [0.1, 0.15) is 18.0 Å². The molecule has 0 amide bonds. The van der Waals surface area contributed by atoms with Gasteiger partial charge in [-0.2, -0.15) is 5.26 Å². The first-order chi connectivity index (χ1) is 7.24. The predicted octanol–water partition coefficient (Wildman–Crippen LogP) is 2.09. The molecule has 1 atom stereocenters. The van der Waals surface area contributed by atoms with Gasteiger partial charge in [-0.1, -0.05) is 18.2 Å². The van der Waals surface area contributed by atoms with Gasteiger partial charge in [0.15, 0.2) is 0 Å². The number of nitrogens with zero attached hydrogens (tertiary/aromatic N) is 2. The van der Waals surface area contributed by atoms with Crippen LogP contribution in [0.2, 0.25) is 0 Å². The summed E-state index contributed by atoms with van der Waals surface area (Å²) in [5.74, 6) is 0. The van der Waals surface area contributed by atoms with Gasteiger partial charge < -0.3 is 10.3 Å². The molecule has 3 heteroatoms. The molecule has 0 fully saturated rings. The fourth-order valence-corrected chi connectivity index (χ4v) is 1.88. The Morgan fingerprint density at radius 2 is 2.20 bits per heavy atom. The van der Waals surface area contributed by atoms with E-state index in [4.69, 9.17) is 11.0 Å². The molecular weight excluding hydrogens is 186 g/mol. The topological polar surface area (TPSA) is 54.7 Å². The predicted molar refractivity (Wildman–Crippen MR) is 60.1 cm³/mol. The minimum atomic E-state index is -0.193. The van der Waals surface area contributed by atoms with Crippen molar-refractivity contribution in [3.8, 4) is 6.07 Å². The third-order valence-electron chi connectivity index (χ3n) is 2.64. The molecule has 0 spiro atoms. The molecule has 2 aromatic rings. The Morgan fingerprint density at radius 3 is 2.93 bits per heavy atom. The van der Waals surface area contributed by atoms with Crippen LogP contribution < -0.4 is 5.73 Å². The zero-order valence-corrected chi connectivity index (χ0v) is 8.64. The molecule has 2 rings (SSSR count). The Bertz CT molecular complexity index is 519. The third kappa shape index (κ3) is 1.60. The number of aromatic nitrogens is 1. The van der Waals surface area contributed by atoms with Gasteiger partial charge in [0.2, 0.25) is 0 Å². The minimum absolute atomic E-state index is 0.193. The molecule has 1 aromatic heterocycles. The van der Waals surface area contributed by atoms with Crippen molar-refractivity contribution in [1.82, 2.24) is 4.57 Å². The second-order valence-corrected chi connectivity index (χ2v) is 3.68. The van der Waals surface area contributed by atoms with Crippen LogP contribution in [0.15, 0.2) is 30.5 Å². The van der Waals surface area contributed by atoms with Crippen LogP contribution in [0.4, 0.5) is 0 Å². The highest BCUT2D eigenvalue weighted by atomic mass is 14.9. The van der Waals surface area contributed by atoms with E-state index in [0.29, 0.717) is 6.42 Å². The number of nitrogens with two attached hydrogens (primary N) is 1. The summed E-state index contributed by atoms with van der Waals surface area (Å²) in [6, 6.07) is 10.0. The minimum Gasteiger partial charge on any atom is -0.350 e. The average molecular weight is 199 g/mol. The number of benzene rings is 1. The molecular formula is C12H13N3. The standard InChI is InChI=1S/C12H13N3/c1-15-8-10(11(14)6-7-13)9-4-2-3-5-12(9)15/h2-5,8,11H,6,14H2,1H3/t11-/m0/s1. The van der Waals surface area contributed by atoms with Gasteiger partial charge in [-0.25, -0.2) is 0 Å². The summed E-state index contributed by atoms with van der Waals surface area (Å²) in [5, 5.41) is 9.78. The van der Waals surface area contributed by atoms with E-state index in [1.807, 2.05) is 36.0 Å². The van der Waals surface area contributed by atoms with Crippen molar-refractivity contribution in [2.45, 2.75) is 12.5 Å². The Kier molecular flexibility index (Phi) is 2.44. The lowest BCUT2D eigenvalue weighted by atomic mass is 10.0. The molecule has 0 bridgehead atoms. The normalized spacial score (nSPS) is 12.6. The van der Waals surface area contributed by atoms with Gasteiger partial charge in [-0.3, -0.25) is 0 Å². The maximum Gasteiger partial charge on any atom is 0.0641 e. The van der Waals surface area contributed by atoms with E-state index in [-0.39, 0.29) is 6.04 Å². The summed E-state index contributed by atoms with van der Waals surface area (Å²) in [6.45, 7) is 0. The Morgan fingerprint density at radius 1 is 1.47 bits per heavy atom. The van der Waals surface area contributed by atoms with Crippen LogP contribution in [0, 0.1) is 11.3 Å². The van der Waals surface area contributed by atoms with Crippen LogP contribution in [-0.4, -0.2) is 4.57 Å². The Hall–Kier alpha value is -1.79. The van der Waals surface area contributed by atoms with Crippen molar-refractivity contribution < 1.29 is 0 Å². The van der Waals surface area contributed by atoms with Crippen molar-refractivity contribution in [3.05, 3.63) is 36.0 Å². The van der Waals surface area contributed by atoms with Crippen molar-refractivity contribution >= 4 is 10.9 Å². The van der Waals surface area contributed by atoms with Gasteiger partial charge in [-0.05, 0) is 11.6 Å². The molecule has 0 aliphatic carbocycles. The Labute approximate surface area is 88.7 Å². The molecule has 3 nitrogen and oxygen atoms in total. The number of nitriles is 1. The van der Waals surface area contributed by atoms with Crippen molar-refractivity contribution in [1.29, 1.82) is 5.26 Å². The van der Waals surface area contributed by atoms with E-state index < -0.39 is 0 Å². The van der Waals surface area contributed by atoms with Gasteiger partial charge in [0.05, 0.1) is 12.5 Å². The molecule has 2 N–H and O–H groups in total. The zero-order valence-electron chi connectivity index (χ0n) is 8.64. The lowest BCUT2D eigenvalue weighted by Gasteiger charge is -2.04. The number of rotatable bonds is 2. The number of fused-ring (bicyclic) bond motifs is 1. The second kappa shape index (κ2) is 3.76. The molecule has 0 aliphatic heterocycles.